The van der Waals surface area contributed by atoms with Gasteiger partial charge in [-0.3, -0.25) is 19.6 Å². The zero-order valence-electron chi connectivity index (χ0n) is 18.4. The summed E-state index contributed by atoms with van der Waals surface area (Å²) in [6.07, 6.45) is 7.00. The van der Waals surface area contributed by atoms with Crippen LogP contribution in [-0.2, 0) is 0 Å². The van der Waals surface area contributed by atoms with Crippen LogP contribution >= 0.6 is 11.3 Å². The number of pyridine rings is 2. The molecule has 0 spiro atoms. The molecule has 0 N–H and O–H groups in total. The molecule has 0 saturated carbocycles. The first-order valence-electron chi connectivity index (χ1n) is 10.5. The summed E-state index contributed by atoms with van der Waals surface area (Å²) < 4.78 is 0. The van der Waals surface area contributed by atoms with Crippen LogP contribution in [0.15, 0.2) is 61.2 Å². The molecule has 2 atom stereocenters. The van der Waals surface area contributed by atoms with Crippen LogP contribution in [0.5, 0.6) is 0 Å². The Labute approximate surface area is 187 Å². The molecule has 0 aromatic carbocycles. The molecule has 31 heavy (non-hydrogen) atoms. The van der Waals surface area contributed by atoms with Crippen LogP contribution < -0.4 is 0 Å². The fraction of sp³-hybridized carbons (Fsp3) is 0.333. The van der Waals surface area contributed by atoms with Crippen LogP contribution in [0.3, 0.4) is 0 Å². The van der Waals surface area contributed by atoms with Crippen LogP contribution in [0.2, 0.25) is 0 Å². The van der Waals surface area contributed by atoms with Crippen LogP contribution in [-0.4, -0.2) is 44.7 Å². The van der Waals surface area contributed by atoms with Crippen molar-refractivity contribution in [2.24, 2.45) is 0 Å². The van der Waals surface area contributed by atoms with Gasteiger partial charge in [-0.05, 0) is 63.1 Å². The molecule has 0 aliphatic rings. The van der Waals surface area contributed by atoms with E-state index in [2.05, 4.69) is 9.97 Å². The van der Waals surface area contributed by atoms with Crippen molar-refractivity contribution < 1.29 is 9.59 Å². The number of carbonyl (C=O) groups excluding carboxylic acids is 2. The lowest BCUT2D eigenvalue weighted by Gasteiger charge is -2.28. The fourth-order valence-corrected chi connectivity index (χ4v) is 4.56. The molecule has 3 aromatic heterocycles. The highest BCUT2D eigenvalue weighted by molar-refractivity contribution is 7.15. The van der Waals surface area contributed by atoms with Gasteiger partial charge in [0.1, 0.15) is 0 Å². The van der Waals surface area contributed by atoms with Gasteiger partial charge < -0.3 is 9.80 Å². The predicted molar refractivity (Wildman–Crippen MR) is 123 cm³/mol. The van der Waals surface area contributed by atoms with Crippen molar-refractivity contribution in [1.29, 1.82) is 0 Å². The quantitative estimate of drug-likeness (QED) is 0.499. The van der Waals surface area contributed by atoms with Gasteiger partial charge >= 0.3 is 0 Å². The molecular weight excluding hydrogens is 408 g/mol. The number of carbonyl (C=O) groups is 2. The fourth-order valence-electron chi connectivity index (χ4n) is 3.64. The Morgan fingerprint density at radius 3 is 1.55 bits per heavy atom. The summed E-state index contributed by atoms with van der Waals surface area (Å²) in [4.78, 5) is 39.5. The summed E-state index contributed by atoms with van der Waals surface area (Å²) >= 11 is 1.25. The standard InChI is InChI=1S/C24H28N4O2S/c1-5-27(17(3)19-9-7-13-25-15-19)23(29)21-11-12-22(31-21)24(30)28(6-2)18(4)20-10-8-14-26-16-20/h7-18H,5-6H2,1-4H3. The lowest BCUT2D eigenvalue weighted by molar-refractivity contribution is 0.0701. The molecule has 0 fully saturated rings. The Kier molecular flexibility index (Phi) is 7.52. The van der Waals surface area contributed by atoms with Gasteiger partial charge in [0.25, 0.3) is 11.8 Å². The van der Waals surface area contributed by atoms with Gasteiger partial charge in [0, 0.05) is 37.9 Å². The molecule has 0 saturated heterocycles. The summed E-state index contributed by atoms with van der Waals surface area (Å²) in [5.41, 5.74) is 1.96. The van der Waals surface area contributed by atoms with Gasteiger partial charge in [0.05, 0.1) is 21.8 Å². The van der Waals surface area contributed by atoms with Crippen molar-refractivity contribution in [2.45, 2.75) is 39.8 Å². The van der Waals surface area contributed by atoms with Crippen molar-refractivity contribution in [3.8, 4) is 0 Å². The molecule has 7 heteroatoms. The van der Waals surface area contributed by atoms with E-state index in [0.717, 1.165) is 11.1 Å². The van der Waals surface area contributed by atoms with E-state index >= 15 is 0 Å². The van der Waals surface area contributed by atoms with Gasteiger partial charge in [0.2, 0.25) is 0 Å². The third-order valence-electron chi connectivity index (χ3n) is 5.50. The van der Waals surface area contributed by atoms with Crippen LogP contribution in [0.4, 0.5) is 0 Å². The van der Waals surface area contributed by atoms with Crippen molar-refractivity contribution in [1.82, 2.24) is 19.8 Å². The number of hydrogen-bond donors (Lipinski definition) is 0. The molecule has 2 amide bonds. The zero-order valence-corrected chi connectivity index (χ0v) is 19.2. The van der Waals surface area contributed by atoms with E-state index in [0.29, 0.717) is 22.8 Å². The largest absolute Gasteiger partial charge is 0.331 e. The maximum Gasteiger partial charge on any atom is 0.264 e. The van der Waals surface area contributed by atoms with E-state index in [-0.39, 0.29) is 23.9 Å². The minimum atomic E-state index is -0.106. The van der Waals surface area contributed by atoms with Crippen molar-refractivity contribution in [3.05, 3.63) is 82.1 Å². The summed E-state index contributed by atoms with van der Waals surface area (Å²) in [6.45, 7) is 9.03. The topological polar surface area (TPSA) is 66.4 Å². The van der Waals surface area contributed by atoms with E-state index < -0.39 is 0 Å². The van der Waals surface area contributed by atoms with Gasteiger partial charge in [-0.25, -0.2) is 0 Å². The maximum atomic E-state index is 13.2. The SMILES string of the molecule is CCN(C(=O)c1ccc(C(=O)N(CC)C(C)c2cccnc2)s1)C(C)c1cccnc1. The van der Waals surface area contributed by atoms with Crippen LogP contribution in [0, 0.1) is 0 Å². The molecule has 3 heterocycles. The average Bonchev–Trinajstić information content (AvgIpc) is 3.31. The number of hydrogen-bond acceptors (Lipinski definition) is 5. The zero-order chi connectivity index (χ0) is 22.4. The number of rotatable bonds is 8. The van der Waals surface area contributed by atoms with Crippen LogP contribution in [0.1, 0.15) is 70.2 Å². The first-order valence-corrected chi connectivity index (χ1v) is 11.3. The minimum absolute atomic E-state index is 0.0775. The summed E-state index contributed by atoms with van der Waals surface area (Å²) in [6, 6.07) is 11.0. The van der Waals surface area contributed by atoms with Crippen molar-refractivity contribution in [2.75, 3.05) is 13.1 Å². The molecule has 2 unspecified atom stereocenters. The summed E-state index contributed by atoms with van der Waals surface area (Å²) in [7, 11) is 0. The summed E-state index contributed by atoms with van der Waals surface area (Å²) in [5, 5.41) is 0. The number of aromatic nitrogens is 2. The highest BCUT2D eigenvalue weighted by Crippen LogP contribution is 2.28. The third kappa shape index (κ3) is 4.99. The molecule has 0 aliphatic heterocycles. The Morgan fingerprint density at radius 2 is 1.23 bits per heavy atom. The predicted octanol–water partition coefficient (Wildman–Crippen LogP) is 4.98. The average molecular weight is 437 g/mol. The minimum Gasteiger partial charge on any atom is -0.331 e. The van der Waals surface area contributed by atoms with Gasteiger partial charge in [0.15, 0.2) is 0 Å². The molecular formula is C24H28N4O2S. The van der Waals surface area contributed by atoms with E-state index in [1.807, 2.05) is 52.0 Å². The molecule has 0 radical (unpaired) electrons. The van der Waals surface area contributed by atoms with E-state index in [1.165, 1.54) is 11.3 Å². The molecule has 0 bridgehead atoms. The molecule has 3 aromatic rings. The number of thiophene rings is 1. The number of nitrogens with zero attached hydrogens (tertiary/aromatic N) is 4. The lowest BCUT2D eigenvalue weighted by atomic mass is 10.1. The van der Waals surface area contributed by atoms with Crippen LogP contribution in [0.25, 0.3) is 0 Å². The number of amides is 2. The van der Waals surface area contributed by atoms with Gasteiger partial charge in [-0.1, -0.05) is 12.1 Å². The van der Waals surface area contributed by atoms with E-state index in [9.17, 15) is 9.59 Å². The normalized spacial score (nSPS) is 12.8. The van der Waals surface area contributed by atoms with Gasteiger partial charge in [-0.15, -0.1) is 11.3 Å². The van der Waals surface area contributed by atoms with E-state index in [1.54, 1.807) is 46.7 Å². The second-order valence-electron chi connectivity index (χ2n) is 7.27. The molecule has 162 valence electrons. The smallest absolute Gasteiger partial charge is 0.264 e. The lowest BCUT2D eigenvalue weighted by Crippen LogP contribution is -2.33. The first kappa shape index (κ1) is 22.6. The second kappa shape index (κ2) is 10.3. The summed E-state index contributed by atoms with van der Waals surface area (Å²) in [5.74, 6) is -0.155. The Balaban J connectivity index is 1.79. The Morgan fingerprint density at radius 1 is 0.806 bits per heavy atom. The highest BCUT2D eigenvalue weighted by Gasteiger charge is 2.26. The second-order valence-corrected chi connectivity index (χ2v) is 8.35. The highest BCUT2D eigenvalue weighted by atomic mass is 32.1. The third-order valence-corrected chi connectivity index (χ3v) is 6.56. The van der Waals surface area contributed by atoms with Crippen molar-refractivity contribution in [3.63, 3.8) is 0 Å². The molecule has 0 aliphatic carbocycles. The Hall–Kier alpha value is -3.06. The Bertz CT molecular complexity index is 927. The first-order chi connectivity index (χ1) is 15.0. The van der Waals surface area contributed by atoms with E-state index in [4.69, 9.17) is 0 Å². The monoisotopic (exact) mass is 436 g/mol. The maximum absolute atomic E-state index is 13.2. The van der Waals surface area contributed by atoms with Gasteiger partial charge in [-0.2, -0.15) is 0 Å². The van der Waals surface area contributed by atoms with Crippen molar-refractivity contribution >= 4 is 23.2 Å². The molecule has 6 nitrogen and oxygen atoms in total. The molecule has 3 rings (SSSR count).